The molecule has 0 spiro atoms. The third-order valence-electron chi connectivity index (χ3n) is 3.89. The molecule has 100 valence electrons. The maximum atomic E-state index is 12.7. The van der Waals surface area contributed by atoms with Crippen molar-refractivity contribution in [1.29, 1.82) is 0 Å². The summed E-state index contributed by atoms with van der Waals surface area (Å²) in [4.78, 5) is 15.9. The molecule has 2 atom stereocenters. The number of fused-ring (bicyclic) bond motifs is 1. The molecule has 1 N–H and O–H groups in total. The molecule has 19 heavy (non-hydrogen) atoms. The molecule has 1 aliphatic heterocycles. The minimum absolute atomic E-state index is 0.0757. The minimum atomic E-state index is 0.0757. The normalized spacial score (nSPS) is 23.7. The van der Waals surface area contributed by atoms with Crippen molar-refractivity contribution in [1.82, 2.24) is 4.98 Å². The van der Waals surface area contributed by atoms with Crippen LogP contribution < -0.4 is 0 Å². The summed E-state index contributed by atoms with van der Waals surface area (Å²) in [6, 6.07) is 5.97. The van der Waals surface area contributed by atoms with E-state index in [9.17, 15) is 4.79 Å². The number of aromatic amines is 1. The molecule has 1 aromatic carbocycles. The zero-order chi connectivity index (χ0) is 13.4. The van der Waals surface area contributed by atoms with Gasteiger partial charge in [0.2, 0.25) is 0 Å². The van der Waals surface area contributed by atoms with Gasteiger partial charge in [-0.05, 0) is 30.5 Å². The largest absolute Gasteiger partial charge is 0.381 e. The van der Waals surface area contributed by atoms with E-state index in [4.69, 9.17) is 4.74 Å². The third kappa shape index (κ3) is 2.35. The molecule has 2 aromatic rings. The number of ether oxygens (including phenoxy) is 1. The van der Waals surface area contributed by atoms with Crippen molar-refractivity contribution in [2.24, 2.45) is 11.8 Å². The van der Waals surface area contributed by atoms with Crippen LogP contribution in [0.25, 0.3) is 10.9 Å². The Bertz CT molecular complexity index is 620. The fourth-order valence-electron chi connectivity index (χ4n) is 2.77. The van der Waals surface area contributed by atoms with Crippen LogP contribution in [0.1, 0.15) is 23.7 Å². The first-order valence-corrected chi connectivity index (χ1v) is 7.34. The highest BCUT2D eigenvalue weighted by atomic mass is 79.9. The Morgan fingerprint density at radius 1 is 1.47 bits per heavy atom. The zero-order valence-corrected chi connectivity index (χ0v) is 12.4. The number of hydrogen-bond acceptors (Lipinski definition) is 2. The van der Waals surface area contributed by atoms with E-state index >= 15 is 0 Å². The predicted octanol–water partition coefficient (Wildman–Crippen LogP) is 3.79. The molecule has 2 heterocycles. The first-order chi connectivity index (χ1) is 9.16. The van der Waals surface area contributed by atoms with Crippen LogP contribution in [0, 0.1) is 11.8 Å². The average molecular weight is 322 g/mol. The molecule has 1 aromatic heterocycles. The number of halogens is 1. The number of aromatic nitrogens is 1. The van der Waals surface area contributed by atoms with Gasteiger partial charge in [-0.3, -0.25) is 4.79 Å². The second kappa shape index (κ2) is 5.10. The molecule has 0 aliphatic carbocycles. The van der Waals surface area contributed by atoms with Crippen LogP contribution in [-0.4, -0.2) is 24.0 Å². The van der Waals surface area contributed by atoms with Crippen LogP contribution in [-0.2, 0) is 4.74 Å². The van der Waals surface area contributed by atoms with Gasteiger partial charge in [-0.2, -0.15) is 0 Å². The number of nitrogens with one attached hydrogen (secondary N) is 1. The SMILES string of the molecule is CC1COCCC1C(=O)c1c[nH]c2ccc(Br)cc12. The highest BCUT2D eigenvalue weighted by Gasteiger charge is 2.30. The standard InChI is InChI=1S/C15H16BrNO2/c1-9-8-19-5-4-11(9)15(18)13-7-17-14-3-2-10(16)6-12(13)14/h2-3,6-7,9,11,17H,4-5,8H2,1H3. The Hall–Kier alpha value is -1.13. The monoisotopic (exact) mass is 321 g/mol. The smallest absolute Gasteiger partial charge is 0.168 e. The minimum Gasteiger partial charge on any atom is -0.381 e. The molecule has 1 fully saturated rings. The fraction of sp³-hybridized carbons (Fsp3) is 0.400. The second-order valence-electron chi connectivity index (χ2n) is 5.20. The van der Waals surface area contributed by atoms with Crippen molar-refractivity contribution in [2.75, 3.05) is 13.2 Å². The summed E-state index contributed by atoms with van der Waals surface area (Å²) in [5.41, 5.74) is 1.81. The Balaban J connectivity index is 1.99. The molecule has 4 heteroatoms. The number of carbonyl (C=O) groups is 1. The van der Waals surface area contributed by atoms with Gasteiger partial charge in [-0.25, -0.2) is 0 Å². The number of benzene rings is 1. The molecule has 0 saturated carbocycles. The second-order valence-corrected chi connectivity index (χ2v) is 6.12. The summed E-state index contributed by atoms with van der Waals surface area (Å²) in [5.74, 6) is 0.602. The van der Waals surface area contributed by atoms with E-state index in [-0.39, 0.29) is 11.7 Å². The zero-order valence-electron chi connectivity index (χ0n) is 10.8. The summed E-state index contributed by atoms with van der Waals surface area (Å²) in [5, 5.41) is 0.998. The van der Waals surface area contributed by atoms with Crippen molar-refractivity contribution in [3.63, 3.8) is 0 Å². The highest BCUT2D eigenvalue weighted by molar-refractivity contribution is 9.10. The number of hydrogen-bond donors (Lipinski definition) is 1. The van der Waals surface area contributed by atoms with Crippen molar-refractivity contribution in [3.8, 4) is 0 Å². The summed E-state index contributed by atoms with van der Waals surface area (Å²) in [7, 11) is 0. The lowest BCUT2D eigenvalue weighted by molar-refractivity contribution is 0.0242. The average Bonchev–Trinajstić information content (AvgIpc) is 2.81. The Morgan fingerprint density at radius 2 is 2.32 bits per heavy atom. The molecular weight excluding hydrogens is 306 g/mol. The van der Waals surface area contributed by atoms with E-state index in [0.29, 0.717) is 19.1 Å². The predicted molar refractivity (Wildman–Crippen MR) is 78.4 cm³/mol. The van der Waals surface area contributed by atoms with Gasteiger partial charge in [-0.1, -0.05) is 22.9 Å². The van der Waals surface area contributed by atoms with E-state index in [2.05, 4.69) is 27.8 Å². The van der Waals surface area contributed by atoms with Crippen LogP contribution in [0.4, 0.5) is 0 Å². The molecule has 1 aliphatic rings. The van der Waals surface area contributed by atoms with Crippen molar-refractivity contribution in [2.45, 2.75) is 13.3 Å². The summed E-state index contributed by atoms with van der Waals surface area (Å²) in [6.07, 6.45) is 2.66. The van der Waals surface area contributed by atoms with E-state index in [1.54, 1.807) is 0 Å². The lowest BCUT2D eigenvalue weighted by atomic mass is 9.83. The molecule has 0 bridgehead atoms. The van der Waals surface area contributed by atoms with Crippen LogP contribution >= 0.6 is 15.9 Å². The van der Waals surface area contributed by atoms with Crippen molar-refractivity contribution in [3.05, 3.63) is 34.4 Å². The van der Waals surface area contributed by atoms with Crippen LogP contribution in [0.15, 0.2) is 28.9 Å². The van der Waals surface area contributed by atoms with Gasteiger partial charge in [0.25, 0.3) is 0 Å². The number of H-pyrrole nitrogens is 1. The molecule has 1 saturated heterocycles. The van der Waals surface area contributed by atoms with Gasteiger partial charge >= 0.3 is 0 Å². The van der Waals surface area contributed by atoms with E-state index < -0.39 is 0 Å². The fourth-order valence-corrected chi connectivity index (χ4v) is 3.13. The van der Waals surface area contributed by atoms with Crippen molar-refractivity contribution >= 4 is 32.6 Å². The number of Topliss-reactive ketones (excluding diaryl/α,β-unsaturated/α-hetero) is 1. The van der Waals surface area contributed by atoms with Gasteiger partial charge in [0, 0.05) is 46.3 Å². The molecule has 0 amide bonds. The van der Waals surface area contributed by atoms with E-state index in [1.807, 2.05) is 24.4 Å². The van der Waals surface area contributed by atoms with Gasteiger partial charge in [0.1, 0.15) is 0 Å². The number of ketones is 1. The molecule has 2 unspecified atom stereocenters. The first-order valence-electron chi connectivity index (χ1n) is 6.55. The Labute approximate surface area is 120 Å². The van der Waals surface area contributed by atoms with Gasteiger partial charge in [0.15, 0.2) is 5.78 Å². The maximum Gasteiger partial charge on any atom is 0.168 e. The summed E-state index contributed by atoms with van der Waals surface area (Å²) in [6.45, 7) is 3.46. The maximum absolute atomic E-state index is 12.7. The van der Waals surface area contributed by atoms with Gasteiger partial charge in [-0.15, -0.1) is 0 Å². The van der Waals surface area contributed by atoms with Crippen LogP contribution in [0.5, 0.6) is 0 Å². The highest BCUT2D eigenvalue weighted by Crippen LogP contribution is 2.29. The molecule has 0 radical (unpaired) electrons. The lowest BCUT2D eigenvalue weighted by Gasteiger charge is -2.27. The Morgan fingerprint density at radius 3 is 3.11 bits per heavy atom. The van der Waals surface area contributed by atoms with Crippen LogP contribution in [0.3, 0.4) is 0 Å². The molecule has 3 nitrogen and oxygen atoms in total. The molecular formula is C15H16BrNO2. The third-order valence-corrected chi connectivity index (χ3v) is 4.38. The van der Waals surface area contributed by atoms with Crippen LogP contribution in [0.2, 0.25) is 0 Å². The summed E-state index contributed by atoms with van der Waals surface area (Å²) < 4.78 is 6.41. The van der Waals surface area contributed by atoms with Gasteiger partial charge in [0.05, 0.1) is 0 Å². The number of carbonyl (C=O) groups excluding carboxylic acids is 1. The first kappa shape index (κ1) is 12.9. The van der Waals surface area contributed by atoms with Gasteiger partial charge < -0.3 is 9.72 Å². The quantitative estimate of drug-likeness (QED) is 0.855. The molecule has 3 rings (SSSR count). The van der Waals surface area contributed by atoms with Crippen molar-refractivity contribution < 1.29 is 9.53 Å². The number of rotatable bonds is 2. The van der Waals surface area contributed by atoms with E-state index in [0.717, 1.165) is 27.4 Å². The topological polar surface area (TPSA) is 42.1 Å². The Kier molecular flexibility index (Phi) is 3.46. The lowest BCUT2D eigenvalue weighted by Crippen LogP contribution is -2.31. The van der Waals surface area contributed by atoms with E-state index in [1.165, 1.54) is 0 Å². The summed E-state index contributed by atoms with van der Waals surface area (Å²) >= 11 is 3.46.